The van der Waals surface area contributed by atoms with Gasteiger partial charge in [-0.1, -0.05) is 116 Å². The molecular weight excluding hydrogens is 384 g/mol. The first-order valence-corrected chi connectivity index (χ1v) is 13.2. The van der Waals surface area contributed by atoms with Gasteiger partial charge in [0.1, 0.15) is 0 Å². The zero-order valence-corrected chi connectivity index (χ0v) is 20.4. The molecule has 178 valence electrons. The van der Waals surface area contributed by atoms with Crippen molar-refractivity contribution in [2.45, 2.75) is 136 Å². The summed E-state index contributed by atoms with van der Waals surface area (Å²) in [6, 6.07) is 5.39. The average molecular weight is 433 g/mol. The summed E-state index contributed by atoms with van der Waals surface area (Å²) in [6.45, 7) is 4.47. The number of unbranched alkanes of at least 4 members (excludes halogenated alkanes) is 15. The molecule has 0 aliphatic rings. The second-order valence-electron chi connectivity index (χ2n) is 9.08. The number of esters is 1. The van der Waals surface area contributed by atoms with Crippen molar-refractivity contribution in [3.05, 3.63) is 23.8 Å². The van der Waals surface area contributed by atoms with Gasteiger partial charge in [0.25, 0.3) is 0 Å². The number of phenols is 1. The third-order valence-electron chi connectivity index (χ3n) is 6.05. The number of phenolic OH excluding ortho intramolecular Hbond substituents is 1. The summed E-state index contributed by atoms with van der Waals surface area (Å²) in [6.07, 6.45) is 23.0. The molecule has 3 nitrogen and oxygen atoms in total. The van der Waals surface area contributed by atoms with E-state index in [4.69, 9.17) is 4.74 Å². The summed E-state index contributed by atoms with van der Waals surface area (Å²) in [4.78, 5) is 12.1. The standard InChI is InChI=1S/C28H48O3/c1-3-5-7-9-10-11-12-13-14-15-16-17-19-21-28(30)31-27-24-25(22-23-26(27)29)20-18-8-6-4-2/h22-24,29H,3-21H2,1-2H3. The molecular formula is C28H48O3. The Kier molecular flexibility index (Phi) is 17.0. The van der Waals surface area contributed by atoms with Crippen LogP contribution >= 0.6 is 0 Å². The molecule has 1 aromatic rings. The zero-order chi connectivity index (χ0) is 22.6. The predicted molar refractivity (Wildman–Crippen MR) is 132 cm³/mol. The quantitative estimate of drug-likeness (QED) is 0.127. The van der Waals surface area contributed by atoms with Crippen LogP contribution in [0.5, 0.6) is 11.5 Å². The Hall–Kier alpha value is -1.51. The maximum atomic E-state index is 12.1. The van der Waals surface area contributed by atoms with E-state index in [-0.39, 0.29) is 11.7 Å². The number of benzene rings is 1. The third kappa shape index (κ3) is 15.0. The van der Waals surface area contributed by atoms with Crippen LogP contribution in [0.25, 0.3) is 0 Å². The van der Waals surface area contributed by atoms with Gasteiger partial charge in [-0.05, 0) is 37.0 Å². The number of rotatable bonds is 20. The van der Waals surface area contributed by atoms with Crippen molar-refractivity contribution in [3.8, 4) is 11.5 Å². The smallest absolute Gasteiger partial charge is 0.311 e. The van der Waals surface area contributed by atoms with Gasteiger partial charge < -0.3 is 9.84 Å². The highest BCUT2D eigenvalue weighted by Gasteiger charge is 2.10. The third-order valence-corrected chi connectivity index (χ3v) is 6.05. The molecule has 0 aliphatic carbocycles. The van der Waals surface area contributed by atoms with Crippen LogP contribution in [-0.2, 0) is 11.2 Å². The molecule has 0 unspecified atom stereocenters. The van der Waals surface area contributed by atoms with E-state index < -0.39 is 0 Å². The fraction of sp³-hybridized carbons (Fsp3) is 0.750. The van der Waals surface area contributed by atoms with Gasteiger partial charge in [0.05, 0.1) is 0 Å². The Labute approximate surface area is 192 Å². The number of carbonyl (C=O) groups excluding carboxylic acids is 1. The number of aromatic hydroxyl groups is 1. The molecule has 0 radical (unpaired) electrons. The van der Waals surface area contributed by atoms with Crippen molar-refractivity contribution in [1.82, 2.24) is 0 Å². The minimum Gasteiger partial charge on any atom is -0.504 e. The molecule has 0 fully saturated rings. The van der Waals surface area contributed by atoms with Crippen molar-refractivity contribution in [2.24, 2.45) is 0 Å². The first kappa shape index (κ1) is 27.5. The Balaban J connectivity index is 2.06. The predicted octanol–water partition coefficient (Wildman–Crippen LogP) is 8.90. The fourth-order valence-electron chi connectivity index (χ4n) is 4.01. The highest BCUT2D eigenvalue weighted by Crippen LogP contribution is 2.28. The molecule has 3 heteroatoms. The number of ether oxygens (including phenoxy) is 1. The monoisotopic (exact) mass is 432 g/mol. The Morgan fingerprint density at radius 2 is 1.19 bits per heavy atom. The number of aryl methyl sites for hydroxylation is 1. The van der Waals surface area contributed by atoms with Crippen LogP contribution in [-0.4, -0.2) is 11.1 Å². The van der Waals surface area contributed by atoms with E-state index in [0.29, 0.717) is 12.2 Å². The van der Waals surface area contributed by atoms with Crippen molar-refractivity contribution < 1.29 is 14.6 Å². The lowest BCUT2D eigenvalue weighted by Crippen LogP contribution is -2.08. The van der Waals surface area contributed by atoms with Crippen LogP contribution in [0.1, 0.15) is 135 Å². The summed E-state index contributed by atoms with van der Waals surface area (Å²) in [7, 11) is 0. The van der Waals surface area contributed by atoms with Crippen LogP contribution in [0.4, 0.5) is 0 Å². The van der Waals surface area contributed by atoms with Crippen LogP contribution < -0.4 is 4.74 Å². The first-order valence-electron chi connectivity index (χ1n) is 13.2. The summed E-state index contributed by atoms with van der Waals surface area (Å²) in [5.41, 5.74) is 1.12. The van der Waals surface area contributed by atoms with Gasteiger partial charge in [0.15, 0.2) is 11.5 Å². The molecule has 0 amide bonds. The van der Waals surface area contributed by atoms with E-state index in [1.165, 1.54) is 89.9 Å². The van der Waals surface area contributed by atoms with Crippen LogP contribution in [0.3, 0.4) is 0 Å². The molecule has 1 aromatic carbocycles. The van der Waals surface area contributed by atoms with Gasteiger partial charge in [-0.25, -0.2) is 0 Å². The van der Waals surface area contributed by atoms with Gasteiger partial charge in [-0.15, -0.1) is 0 Å². The topological polar surface area (TPSA) is 46.5 Å². The Morgan fingerprint density at radius 1 is 0.710 bits per heavy atom. The summed E-state index contributed by atoms with van der Waals surface area (Å²) in [5, 5.41) is 10.0. The van der Waals surface area contributed by atoms with E-state index in [9.17, 15) is 9.90 Å². The maximum Gasteiger partial charge on any atom is 0.311 e. The minimum absolute atomic E-state index is 0.0519. The Morgan fingerprint density at radius 3 is 1.74 bits per heavy atom. The molecule has 0 aliphatic heterocycles. The Bertz CT molecular complexity index is 567. The van der Waals surface area contributed by atoms with Gasteiger partial charge in [0.2, 0.25) is 0 Å². The molecule has 1 N–H and O–H groups in total. The molecule has 0 saturated carbocycles. The molecule has 0 spiro atoms. The van der Waals surface area contributed by atoms with Crippen molar-refractivity contribution in [3.63, 3.8) is 0 Å². The largest absolute Gasteiger partial charge is 0.504 e. The van der Waals surface area contributed by atoms with Crippen molar-refractivity contribution >= 4 is 5.97 Å². The van der Waals surface area contributed by atoms with Gasteiger partial charge in [-0.2, -0.15) is 0 Å². The van der Waals surface area contributed by atoms with E-state index in [2.05, 4.69) is 13.8 Å². The van der Waals surface area contributed by atoms with Crippen LogP contribution in [0.2, 0.25) is 0 Å². The number of hydrogen-bond donors (Lipinski definition) is 1. The van der Waals surface area contributed by atoms with Gasteiger partial charge in [-0.3, -0.25) is 4.79 Å². The summed E-state index contributed by atoms with van der Waals surface area (Å²) >= 11 is 0. The average Bonchev–Trinajstić information content (AvgIpc) is 2.76. The van der Waals surface area contributed by atoms with Gasteiger partial charge >= 0.3 is 5.97 Å². The van der Waals surface area contributed by atoms with Crippen molar-refractivity contribution in [1.29, 1.82) is 0 Å². The number of hydrogen-bond acceptors (Lipinski definition) is 3. The highest BCUT2D eigenvalue weighted by atomic mass is 16.5. The lowest BCUT2D eigenvalue weighted by atomic mass is 10.0. The fourth-order valence-corrected chi connectivity index (χ4v) is 4.01. The second-order valence-corrected chi connectivity index (χ2v) is 9.08. The highest BCUT2D eigenvalue weighted by molar-refractivity contribution is 5.73. The van der Waals surface area contributed by atoms with Crippen LogP contribution in [0, 0.1) is 0 Å². The SMILES string of the molecule is CCCCCCCCCCCCCCCC(=O)Oc1cc(CCCCCC)ccc1O. The maximum absolute atomic E-state index is 12.1. The minimum atomic E-state index is -0.235. The van der Waals surface area contributed by atoms with E-state index in [1.54, 1.807) is 6.07 Å². The molecule has 1 rings (SSSR count). The van der Waals surface area contributed by atoms with Gasteiger partial charge in [0, 0.05) is 6.42 Å². The molecule has 31 heavy (non-hydrogen) atoms. The molecule has 0 atom stereocenters. The van der Waals surface area contributed by atoms with E-state index in [0.717, 1.165) is 31.2 Å². The zero-order valence-electron chi connectivity index (χ0n) is 20.4. The molecule has 0 bridgehead atoms. The lowest BCUT2D eigenvalue weighted by molar-refractivity contribution is -0.134. The van der Waals surface area contributed by atoms with Crippen molar-refractivity contribution in [2.75, 3.05) is 0 Å². The summed E-state index contributed by atoms with van der Waals surface area (Å²) in [5.74, 6) is 0.130. The second kappa shape index (κ2) is 19.2. The van der Waals surface area contributed by atoms with E-state index >= 15 is 0 Å². The molecule has 0 aromatic heterocycles. The molecule has 0 saturated heterocycles. The first-order chi connectivity index (χ1) is 15.2. The molecule has 0 heterocycles. The van der Waals surface area contributed by atoms with Crippen LogP contribution in [0.15, 0.2) is 18.2 Å². The number of carbonyl (C=O) groups is 1. The van der Waals surface area contributed by atoms with E-state index in [1.807, 2.05) is 12.1 Å². The normalized spacial score (nSPS) is 11.0. The lowest BCUT2D eigenvalue weighted by Gasteiger charge is -2.09. The summed E-state index contributed by atoms with van der Waals surface area (Å²) < 4.78 is 5.43.